The Labute approximate surface area is 56.8 Å². The summed E-state index contributed by atoms with van der Waals surface area (Å²) in [4.78, 5) is 3.99. The van der Waals surface area contributed by atoms with Crippen molar-refractivity contribution >= 4 is 6.21 Å². The Kier molecular flexibility index (Phi) is 4.79. The third-order valence-electron chi connectivity index (χ3n) is 0.969. The highest BCUT2D eigenvalue weighted by Crippen LogP contribution is 1.85. The van der Waals surface area contributed by atoms with Crippen LogP contribution in [0.1, 0.15) is 20.8 Å². The van der Waals surface area contributed by atoms with Crippen LogP contribution in [0.25, 0.3) is 0 Å². The first-order valence-electron chi connectivity index (χ1n) is 3.08. The Morgan fingerprint density at radius 2 is 2.00 bits per heavy atom. The number of aliphatic imine (C=N–C) groups is 1. The molecule has 0 aromatic rings. The molecule has 50 valence electrons. The van der Waals surface area contributed by atoms with Gasteiger partial charge in [-0.3, -0.25) is 4.99 Å². The van der Waals surface area contributed by atoms with Crippen molar-refractivity contribution in [2.45, 2.75) is 20.8 Å². The maximum atomic E-state index is 3.99. The van der Waals surface area contributed by atoms with E-state index in [1.54, 1.807) is 6.20 Å². The summed E-state index contributed by atoms with van der Waals surface area (Å²) in [5, 5.41) is 0. The Balaban J connectivity index is 3.71. The van der Waals surface area contributed by atoms with Gasteiger partial charge in [0.2, 0.25) is 0 Å². The molecule has 1 nitrogen and oxygen atoms in total. The van der Waals surface area contributed by atoms with Crippen molar-refractivity contribution in [3.63, 3.8) is 0 Å². The van der Waals surface area contributed by atoms with Gasteiger partial charge < -0.3 is 0 Å². The van der Waals surface area contributed by atoms with E-state index in [1.807, 2.05) is 39.1 Å². The third kappa shape index (κ3) is 5.01. The molecule has 0 heterocycles. The number of hydrogen-bond donors (Lipinski definition) is 0. The van der Waals surface area contributed by atoms with Crippen molar-refractivity contribution in [3.05, 3.63) is 23.9 Å². The summed E-state index contributed by atoms with van der Waals surface area (Å²) in [6, 6.07) is 0. The van der Waals surface area contributed by atoms with Gasteiger partial charge in [-0.25, -0.2) is 0 Å². The van der Waals surface area contributed by atoms with Crippen molar-refractivity contribution in [1.82, 2.24) is 0 Å². The molecular weight excluding hydrogens is 110 g/mol. The molecule has 0 bridgehead atoms. The molecule has 0 aromatic heterocycles. The van der Waals surface area contributed by atoms with Crippen LogP contribution in [0.2, 0.25) is 0 Å². The van der Waals surface area contributed by atoms with Crippen molar-refractivity contribution in [2.75, 3.05) is 0 Å². The van der Waals surface area contributed by atoms with Gasteiger partial charge in [0, 0.05) is 12.4 Å². The van der Waals surface area contributed by atoms with Crippen molar-refractivity contribution in [3.8, 4) is 0 Å². The van der Waals surface area contributed by atoms with Gasteiger partial charge in [0.05, 0.1) is 0 Å². The molecule has 0 saturated carbocycles. The topological polar surface area (TPSA) is 12.4 Å². The lowest BCUT2D eigenvalue weighted by atomic mass is 10.3. The minimum absolute atomic E-state index is 1.19. The third-order valence-corrected chi connectivity index (χ3v) is 0.969. The normalized spacial score (nSPS) is 13.9. The van der Waals surface area contributed by atoms with Crippen LogP contribution in [0.5, 0.6) is 0 Å². The van der Waals surface area contributed by atoms with Crippen LogP contribution in [0.15, 0.2) is 28.9 Å². The van der Waals surface area contributed by atoms with Crippen LogP contribution < -0.4 is 0 Å². The first-order valence-corrected chi connectivity index (χ1v) is 3.08. The highest BCUT2D eigenvalue weighted by molar-refractivity contribution is 5.77. The van der Waals surface area contributed by atoms with Crippen LogP contribution in [-0.2, 0) is 0 Å². The number of allylic oxidation sites excluding steroid dienone is 3. The molecule has 0 aromatic carbocycles. The largest absolute Gasteiger partial charge is 0.265 e. The van der Waals surface area contributed by atoms with Gasteiger partial charge in [0.15, 0.2) is 0 Å². The SMILES string of the molecule is C\C=C/N=C\C(C)=C\C. The van der Waals surface area contributed by atoms with Gasteiger partial charge >= 0.3 is 0 Å². The van der Waals surface area contributed by atoms with Gasteiger partial charge in [0.25, 0.3) is 0 Å². The zero-order chi connectivity index (χ0) is 7.11. The summed E-state index contributed by atoms with van der Waals surface area (Å²) in [5.41, 5.74) is 1.19. The first kappa shape index (κ1) is 8.15. The fraction of sp³-hybridized carbons (Fsp3) is 0.375. The second-order valence-electron chi connectivity index (χ2n) is 1.79. The quantitative estimate of drug-likeness (QED) is 0.500. The van der Waals surface area contributed by atoms with E-state index in [0.29, 0.717) is 0 Å². The fourth-order valence-electron chi connectivity index (χ4n) is 0.321. The summed E-state index contributed by atoms with van der Waals surface area (Å²) < 4.78 is 0. The first-order chi connectivity index (χ1) is 4.31. The van der Waals surface area contributed by atoms with E-state index in [9.17, 15) is 0 Å². The summed E-state index contributed by atoms with van der Waals surface area (Å²) >= 11 is 0. The standard InChI is InChI=1S/C8H13N/c1-4-6-9-7-8(3)5-2/h4-7H,1-3H3/b6-4-,8-5+,9-7-. The average Bonchev–Trinajstić information content (AvgIpc) is 1.89. The predicted octanol–water partition coefficient (Wildman–Crippen LogP) is 2.56. The fourth-order valence-corrected chi connectivity index (χ4v) is 0.321. The van der Waals surface area contributed by atoms with E-state index in [4.69, 9.17) is 0 Å². The van der Waals surface area contributed by atoms with Gasteiger partial charge in [-0.05, 0) is 26.3 Å². The van der Waals surface area contributed by atoms with E-state index in [0.717, 1.165) is 0 Å². The molecule has 0 radical (unpaired) electrons. The molecular formula is C8H13N. The monoisotopic (exact) mass is 123 g/mol. The smallest absolute Gasteiger partial charge is 0.0293 e. The Bertz CT molecular complexity index is 141. The van der Waals surface area contributed by atoms with E-state index < -0.39 is 0 Å². The Morgan fingerprint density at radius 3 is 2.44 bits per heavy atom. The molecule has 0 aliphatic rings. The number of hydrogen-bond acceptors (Lipinski definition) is 1. The molecule has 0 spiro atoms. The van der Waals surface area contributed by atoms with Gasteiger partial charge in [0.1, 0.15) is 0 Å². The van der Waals surface area contributed by atoms with Crippen molar-refractivity contribution < 1.29 is 0 Å². The molecule has 0 aliphatic carbocycles. The number of rotatable bonds is 2. The lowest BCUT2D eigenvalue weighted by Gasteiger charge is -1.82. The summed E-state index contributed by atoms with van der Waals surface area (Å²) in [5.74, 6) is 0. The molecule has 0 saturated heterocycles. The molecule has 0 amide bonds. The van der Waals surface area contributed by atoms with Crippen LogP contribution in [-0.4, -0.2) is 6.21 Å². The van der Waals surface area contributed by atoms with Crippen molar-refractivity contribution in [2.24, 2.45) is 4.99 Å². The van der Waals surface area contributed by atoms with Crippen LogP contribution >= 0.6 is 0 Å². The summed E-state index contributed by atoms with van der Waals surface area (Å²) in [6.07, 6.45) is 7.53. The second-order valence-corrected chi connectivity index (χ2v) is 1.79. The maximum absolute atomic E-state index is 3.99. The van der Waals surface area contributed by atoms with Gasteiger partial charge in [-0.1, -0.05) is 12.2 Å². The molecule has 0 atom stereocenters. The van der Waals surface area contributed by atoms with Crippen LogP contribution in [0, 0.1) is 0 Å². The minimum Gasteiger partial charge on any atom is -0.265 e. The van der Waals surface area contributed by atoms with E-state index in [2.05, 4.69) is 4.99 Å². The number of nitrogens with zero attached hydrogens (tertiary/aromatic N) is 1. The molecule has 1 heteroatoms. The van der Waals surface area contributed by atoms with Gasteiger partial charge in [-0.15, -0.1) is 0 Å². The van der Waals surface area contributed by atoms with E-state index >= 15 is 0 Å². The molecule has 0 N–H and O–H groups in total. The Hall–Kier alpha value is -0.850. The van der Waals surface area contributed by atoms with Crippen molar-refractivity contribution in [1.29, 1.82) is 0 Å². The average molecular weight is 123 g/mol. The molecule has 0 aliphatic heterocycles. The zero-order valence-electron chi connectivity index (χ0n) is 6.26. The van der Waals surface area contributed by atoms with E-state index in [1.165, 1.54) is 5.57 Å². The zero-order valence-corrected chi connectivity index (χ0v) is 6.26. The van der Waals surface area contributed by atoms with Crippen LogP contribution in [0.3, 0.4) is 0 Å². The lowest BCUT2D eigenvalue weighted by Crippen LogP contribution is -1.72. The summed E-state index contributed by atoms with van der Waals surface area (Å²) in [6.45, 7) is 5.96. The van der Waals surface area contributed by atoms with Crippen LogP contribution in [0.4, 0.5) is 0 Å². The van der Waals surface area contributed by atoms with E-state index in [-0.39, 0.29) is 0 Å². The summed E-state index contributed by atoms with van der Waals surface area (Å²) in [7, 11) is 0. The maximum Gasteiger partial charge on any atom is 0.0293 e. The highest BCUT2D eigenvalue weighted by Gasteiger charge is 1.72. The second kappa shape index (κ2) is 5.29. The minimum atomic E-state index is 1.19. The molecule has 0 fully saturated rings. The Morgan fingerprint density at radius 1 is 1.33 bits per heavy atom. The highest BCUT2D eigenvalue weighted by atomic mass is 14.7. The van der Waals surface area contributed by atoms with Gasteiger partial charge in [-0.2, -0.15) is 0 Å². The molecule has 0 rings (SSSR count). The molecule has 0 unspecified atom stereocenters. The lowest BCUT2D eigenvalue weighted by molar-refractivity contribution is 1.49. The molecule has 9 heavy (non-hydrogen) atoms. The predicted molar refractivity (Wildman–Crippen MR) is 42.7 cm³/mol.